The number of amides is 2. The van der Waals surface area contributed by atoms with Crippen LogP contribution in [0.5, 0.6) is 0 Å². The summed E-state index contributed by atoms with van der Waals surface area (Å²) in [6, 6.07) is 8.05. The molecule has 0 saturated carbocycles. The minimum atomic E-state index is -0.0167. The average Bonchev–Trinajstić information content (AvgIpc) is 3.21. The van der Waals surface area contributed by atoms with E-state index in [1.54, 1.807) is 22.5 Å². The minimum Gasteiger partial charge on any atom is -0.468 e. The molecule has 0 aliphatic carbocycles. The van der Waals surface area contributed by atoms with Gasteiger partial charge in [0, 0.05) is 18.5 Å². The molecule has 4 nitrogen and oxygen atoms in total. The molecule has 1 N–H and O–H groups in total. The Morgan fingerprint density at radius 1 is 1.45 bits per heavy atom. The zero-order valence-corrected chi connectivity index (χ0v) is 14.6. The van der Waals surface area contributed by atoms with Gasteiger partial charge in [0.15, 0.2) is 0 Å². The molecular weight excluding hydrogens is 316 g/mol. The van der Waals surface area contributed by atoms with Crippen molar-refractivity contribution in [2.45, 2.75) is 25.1 Å². The van der Waals surface area contributed by atoms with Crippen molar-refractivity contribution in [2.24, 2.45) is 0 Å². The van der Waals surface area contributed by atoms with Gasteiger partial charge in [0.25, 0.3) is 0 Å². The molecular formula is C16H22N2O2S2. The molecule has 2 heterocycles. The SMILES string of the molecule is C[C@@H](c1cccs1)N(C)C(=O)NCCCSCc1ccco1. The fourth-order valence-corrected chi connectivity index (χ4v) is 3.64. The standard InChI is InChI=1S/C16H22N2O2S2/c1-13(15-7-4-11-22-15)18(2)16(19)17-8-5-10-21-12-14-6-3-9-20-14/h3-4,6-7,9,11,13H,5,8,10,12H2,1-2H3,(H,17,19)/t13-/m0/s1. The molecule has 2 amide bonds. The number of carbonyl (C=O) groups excluding carboxylic acids is 1. The first kappa shape index (κ1) is 17.0. The van der Waals surface area contributed by atoms with E-state index in [4.69, 9.17) is 4.42 Å². The van der Waals surface area contributed by atoms with Crippen molar-refractivity contribution in [3.05, 3.63) is 46.5 Å². The summed E-state index contributed by atoms with van der Waals surface area (Å²) in [7, 11) is 1.84. The van der Waals surface area contributed by atoms with Crippen LogP contribution in [0, 0.1) is 0 Å². The molecule has 120 valence electrons. The van der Waals surface area contributed by atoms with Crippen LogP contribution < -0.4 is 5.32 Å². The van der Waals surface area contributed by atoms with Gasteiger partial charge in [-0.2, -0.15) is 11.8 Å². The van der Waals surface area contributed by atoms with Crippen molar-refractivity contribution >= 4 is 29.1 Å². The van der Waals surface area contributed by atoms with Crippen LogP contribution in [0.2, 0.25) is 0 Å². The lowest BCUT2D eigenvalue weighted by Gasteiger charge is -2.24. The number of carbonyl (C=O) groups is 1. The van der Waals surface area contributed by atoms with Gasteiger partial charge < -0.3 is 14.6 Å². The van der Waals surface area contributed by atoms with Crippen LogP contribution in [-0.2, 0) is 5.75 Å². The van der Waals surface area contributed by atoms with Crippen LogP contribution in [0.4, 0.5) is 4.79 Å². The van der Waals surface area contributed by atoms with Crippen molar-refractivity contribution in [1.29, 1.82) is 0 Å². The number of thiophene rings is 1. The minimum absolute atomic E-state index is 0.0167. The Bertz CT molecular complexity index is 541. The van der Waals surface area contributed by atoms with Crippen molar-refractivity contribution in [3.63, 3.8) is 0 Å². The Morgan fingerprint density at radius 3 is 3.00 bits per heavy atom. The second kappa shape index (κ2) is 8.90. The van der Waals surface area contributed by atoms with E-state index in [2.05, 4.69) is 11.4 Å². The Kier molecular flexibility index (Phi) is 6.86. The van der Waals surface area contributed by atoms with E-state index in [0.29, 0.717) is 6.54 Å². The lowest BCUT2D eigenvalue weighted by molar-refractivity contribution is 0.195. The Balaban J connectivity index is 1.59. The van der Waals surface area contributed by atoms with E-state index in [0.717, 1.165) is 23.7 Å². The van der Waals surface area contributed by atoms with E-state index in [1.807, 2.05) is 49.3 Å². The summed E-state index contributed by atoms with van der Waals surface area (Å²) in [4.78, 5) is 15.0. The van der Waals surface area contributed by atoms with Crippen molar-refractivity contribution in [3.8, 4) is 0 Å². The normalized spacial score (nSPS) is 12.1. The van der Waals surface area contributed by atoms with Gasteiger partial charge in [0.1, 0.15) is 5.76 Å². The average molecular weight is 338 g/mol. The molecule has 1 atom stereocenters. The van der Waals surface area contributed by atoms with Gasteiger partial charge in [-0.3, -0.25) is 0 Å². The number of hydrogen-bond acceptors (Lipinski definition) is 4. The maximum absolute atomic E-state index is 12.1. The number of urea groups is 1. The highest BCUT2D eigenvalue weighted by Crippen LogP contribution is 2.23. The molecule has 0 fully saturated rings. The molecule has 2 aromatic heterocycles. The van der Waals surface area contributed by atoms with E-state index < -0.39 is 0 Å². The van der Waals surface area contributed by atoms with E-state index in [1.165, 1.54) is 4.88 Å². The quantitative estimate of drug-likeness (QED) is 0.727. The molecule has 0 spiro atoms. The molecule has 0 radical (unpaired) electrons. The molecule has 0 aliphatic rings. The van der Waals surface area contributed by atoms with Gasteiger partial charge in [-0.1, -0.05) is 6.07 Å². The predicted octanol–water partition coefficient (Wildman–Crippen LogP) is 4.37. The smallest absolute Gasteiger partial charge is 0.317 e. The van der Waals surface area contributed by atoms with Crippen molar-refractivity contribution < 1.29 is 9.21 Å². The summed E-state index contributed by atoms with van der Waals surface area (Å²) in [6.07, 6.45) is 2.65. The van der Waals surface area contributed by atoms with E-state index >= 15 is 0 Å². The summed E-state index contributed by atoms with van der Waals surface area (Å²) >= 11 is 3.49. The monoisotopic (exact) mass is 338 g/mol. The summed E-state index contributed by atoms with van der Waals surface area (Å²) in [5.41, 5.74) is 0. The number of hydrogen-bond donors (Lipinski definition) is 1. The highest BCUT2D eigenvalue weighted by atomic mass is 32.2. The predicted molar refractivity (Wildman–Crippen MR) is 93.4 cm³/mol. The van der Waals surface area contributed by atoms with Crippen LogP contribution in [-0.4, -0.2) is 30.3 Å². The zero-order valence-electron chi connectivity index (χ0n) is 13.0. The summed E-state index contributed by atoms with van der Waals surface area (Å²) in [5.74, 6) is 2.89. The molecule has 22 heavy (non-hydrogen) atoms. The first-order valence-electron chi connectivity index (χ1n) is 7.32. The molecule has 6 heteroatoms. The Hall–Kier alpha value is -1.40. The van der Waals surface area contributed by atoms with Gasteiger partial charge in [0.05, 0.1) is 18.1 Å². The zero-order chi connectivity index (χ0) is 15.8. The number of nitrogens with one attached hydrogen (secondary N) is 1. The molecule has 2 rings (SSSR count). The fraction of sp³-hybridized carbons (Fsp3) is 0.438. The summed E-state index contributed by atoms with van der Waals surface area (Å²) < 4.78 is 5.28. The number of nitrogens with zero attached hydrogens (tertiary/aromatic N) is 1. The Morgan fingerprint density at radius 2 is 2.32 bits per heavy atom. The van der Waals surface area contributed by atoms with Crippen LogP contribution in [0.1, 0.15) is 30.0 Å². The molecule has 0 aromatic carbocycles. The number of furan rings is 1. The van der Waals surface area contributed by atoms with Gasteiger partial charge in [-0.05, 0) is 42.7 Å². The third-order valence-corrected chi connectivity index (χ3v) is 5.53. The number of thioether (sulfide) groups is 1. The fourth-order valence-electron chi connectivity index (χ4n) is 1.96. The second-order valence-corrected chi connectivity index (χ2v) is 7.10. The topological polar surface area (TPSA) is 45.5 Å². The first-order chi connectivity index (χ1) is 10.7. The molecule has 0 unspecified atom stereocenters. The van der Waals surface area contributed by atoms with Crippen LogP contribution in [0.15, 0.2) is 40.3 Å². The third-order valence-electron chi connectivity index (χ3n) is 3.42. The molecule has 2 aromatic rings. The largest absolute Gasteiger partial charge is 0.468 e. The highest BCUT2D eigenvalue weighted by Gasteiger charge is 2.17. The summed E-state index contributed by atoms with van der Waals surface area (Å²) in [5, 5.41) is 5.01. The molecule has 0 aliphatic heterocycles. The maximum Gasteiger partial charge on any atom is 0.317 e. The van der Waals surface area contributed by atoms with Crippen LogP contribution in [0.3, 0.4) is 0 Å². The van der Waals surface area contributed by atoms with Gasteiger partial charge in [-0.15, -0.1) is 11.3 Å². The third kappa shape index (κ3) is 5.10. The lowest BCUT2D eigenvalue weighted by Crippen LogP contribution is -2.39. The second-order valence-electron chi connectivity index (χ2n) is 5.02. The summed E-state index contributed by atoms with van der Waals surface area (Å²) in [6.45, 7) is 2.75. The van der Waals surface area contributed by atoms with Gasteiger partial charge in [-0.25, -0.2) is 4.79 Å². The Labute approximate surface area is 139 Å². The van der Waals surface area contributed by atoms with Crippen molar-refractivity contribution in [2.75, 3.05) is 19.3 Å². The molecule has 0 saturated heterocycles. The van der Waals surface area contributed by atoms with Gasteiger partial charge >= 0.3 is 6.03 Å². The highest BCUT2D eigenvalue weighted by molar-refractivity contribution is 7.98. The van der Waals surface area contributed by atoms with Crippen LogP contribution in [0.25, 0.3) is 0 Å². The van der Waals surface area contributed by atoms with Crippen molar-refractivity contribution in [1.82, 2.24) is 10.2 Å². The maximum atomic E-state index is 12.1. The van der Waals surface area contributed by atoms with E-state index in [9.17, 15) is 4.79 Å². The molecule has 0 bridgehead atoms. The van der Waals surface area contributed by atoms with Crippen LogP contribution >= 0.6 is 23.1 Å². The number of rotatable bonds is 8. The van der Waals surface area contributed by atoms with Gasteiger partial charge in [0.2, 0.25) is 0 Å². The van der Waals surface area contributed by atoms with E-state index in [-0.39, 0.29) is 12.1 Å². The lowest BCUT2D eigenvalue weighted by atomic mass is 10.2. The first-order valence-corrected chi connectivity index (χ1v) is 9.36.